The summed E-state index contributed by atoms with van der Waals surface area (Å²) < 4.78 is 13.5. The van der Waals surface area contributed by atoms with Crippen molar-refractivity contribution in [2.24, 2.45) is 0 Å². The number of carbonyl (C=O) groups excluding carboxylic acids is 1. The van der Waals surface area contributed by atoms with Crippen LogP contribution in [0.4, 0.5) is 4.39 Å². The molecule has 2 atom stereocenters. The average Bonchev–Trinajstić information content (AvgIpc) is 2.73. The molecule has 2 unspecified atom stereocenters. The van der Waals surface area contributed by atoms with Gasteiger partial charge < -0.3 is 0 Å². The van der Waals surface area contributed by atoms with Gasteiger partial charge in [0.25, 0.3) is 0 Å². The topological polar surface area (TPSA) is 20.3 Å². The lowest BCUT2D eigenvalue weighted by molar-refractivity contribution is -0.120. The first-order valence-electron chi connectivity index (χ1n) is 7.12. The molecule has 1 aliphatic rings. The lowest BCUT2D eigenvalue weighted by atomic mass is 10.1. The normalized spacial score (nSPS) is 23.7. The van der Waals surface area contributed by atoms with Gasteiger partial charge in [-0.3, -0.25) is 9.69 Å². The van der Waals surface area contributed by atoms with Crippen LogP contribution in [0.15, 0.2) is 24.3 Å². The summed E-state index contributed by atoms with van der Waals surface area (Å²) in [4.78, 5) is 14.4. The average molecular weight is 263 g/mol. The third-order valence-electron chi connectivity index (χ3n) is 4.13. The highest BCUT2D eigenvalue weighted by atomic mass is 19.1. The van der Waals surface area contributed by atoms with Crippen LogP contribution in [0, 0.1) is 5.82 Å². The Balaban J connectivity index is 1.96. The third kappa shape index (κ3) is 3.41. The van der Waals surface area contributed by atoms with E-state index in [1.54, 1.807) is 18.2 Å². The molecule has 0 amide bonds. The zero-order chi connectivity index (χ0) is 13.8. The number of Topliss-reactive ketones (excluding diaryl/α,β-unsaturated/α-hetero) is 1. The quantitative estimate of drug-likeness (QED) is 0.813. The fourth-order valence-corrected chi connectivity index (χ4v) is 2.96. The molecule has 1 aromatic carbocycles. The zero-order valence-electron chi connectivity index (χ0n) is 11.7. The maximum Gasteiger partial charge on any atom is 0.151 e. The third-order valence-corrected chi connectivity index (χ3v) is 4.13. The van der Waals surface area contributed by atoms with Gasteiger partial charge in [0, 0.05) is 18.5 Å². The molecule has 0 spiro atoms. The molecule has 19 heavy (non-hydrogen) atoms. The van der Waals surface area contributed by atoms with Crippen molar-refractivity contribution in [3.63, 3.8) is 0 Å². The van der Waals surface area contributed by atoms with Gasteiger partial charge >= 0.3 is 0 Å². The van der Waals surface area contributed by atoms with Gasteiger partial charge in [0.2, 0.25) is 0 Å². The molecular formula is C16H22FNO. The van der Waals surface area contributed by atoms with E-state index in [1.165, 1.54) is 12.5 Å². The van der Waals surface area contributed by atoms with E-state index in [2.05, 4.69) is 18.7 Å². The largest absolute Gasteiger partial charge is 0.298 e. The van der Waals surface area contributed by atoms with Gasteiger partial charge in [-0.1, -0.05) is 25.1 Å². The lowest BCUT2D eigenvalue weighted by Crippen LogP contribution is -2.38. The first-order chi connectivity index (χ1) is 9.11. The van der Waals surface area contributed by atoms with E-state index in [4.69, 9.17) is 0 Å². The predicted octanol–water partition coefficient (Wildman–Crippen LogP) is 3.20. The van der Waals surface area contributed by atoms with Gasteiger partial charge in [-0.25, -0.2) is 4.39 Å². The number of carbonyl (C=O) groups is 1. The Morgan fingerprint density at radius 1 is 1.37 bits per heavy atom. The minimum atomic E-state index is -0.280. The van der Waals surface area contributed by atoms with Crippen molar-refractivity contribution >= 4 is 5.78 Å². The highest BCUT2D eigenvalue weighted by Crippen LogP contribution is 2.25. The highest BCUT2D eigenvalue weighted by Gasteiger charge is 2.30. The molecule has 2 nitrogen and oxygen atoms in total. The van der Waals surface area contributed by atoms with Gasteiger partial charge in [0.1, 0.15) is 5.82 Å². The molecule has 1 fully saturated rings. The van der Waals surface area contributed by atoms with Crippen LogP contribution in [0.3, 0.4) is 0 Å². The van der Waals surface area contributed by atoms with Gasteiger partial charge in [-0.15, -0.1) is 0 Å². The van der Waals surface area contributed by atoms with Crippen LogP contribution in [-0.2, 0) is 11.2 Å². The van der Waals surface area contributed by atoms with Crippen molar-refractivity contribution in [2.45, 2.75) is 51.6 Å². The van der Waals surface area contributed by atoms with Crippen molar-refractivity contribution in [1.82, 2.24) is 4.90 Å². The first-order valence-corrected chi connectivity index (χ1v) is 7.12. The molecule has 1 saturated heterocycles. The number of halogens is 1. The molecule has 0 aromatic heterocycles. The molecule has 1 aliphatic heterocycles. The fraction of sp³-hybridized carbons (Fsp3) is 0.562. The van der Waals surface area contributed by atoms with Crippen LogP contribution in [0.2, 0.25) is 0 Å². The molecule has 104 valence electrons. The molecule has 1 aromatic rings. The van der Waals surface area contributed by atoms with E-state index >= 15 is 0 Å². The lowest BCUT2D eigenvalue weighted by Gasteiger charge is -2.26. The van der Waals surface area contributed by atoms with Crippen molar-refractivity contribution in [2.75, 3.05) is 6.54 Å². The van der Waals surface area contributed by atoms with Crippen molar-refractivity contribution < 1.29 is 9.18 Å². The summed E-state index contributed by atoms with van der Waals surface area (Å²) in [5.41, 5.74) is 0.507. The van der Waals surface area contributed by atoms with Crippen molar-refractivity contribution in [3.05, 3.63) is 35.6 Å². The summed E-state index contributed by atoms with van der Waals surface area (Å²) in [7, 11) is 0. The Morgan fingerprint density at radius 3 is 2.79 bits per heavy atom. The Bertz CT molecular complexity index is 446. The van der Waals surface area contributed by atoms with E-state index in [-0.39, 0.29) is 18.0 Å². The van der Waals surface area contributed by atoms with Crippen LogP contribution in [0.5, 0.6) is 0 Å². The summed E-state index contributed by atoms with van der Waals surface area (Å²) in [6.07, 6.45) is 3.61. The van der Waals surface area contributed by atoms with Gasteiger partial charge in [0.05, 0.1) is 6.54 Å². The molecule has 0 radical (unpaired) electrons. The van der Waals surface area contributed by atoms with Crippen LogP contribution in [0.25, 0.3) is 0 Å². The van der Waals surface area contributed by atoms with Crippen LogP contribution in [-0.4, -0.2) is 29.3 Å². The second kappa shape index (κ2) is 6.29. The summed E-state index contributed by atoms with van der Waals surface area (Å²) in [5.74, 6) is -0.172. The minimum Gasteiger partial charge on any atom is -0.298 e. The maximum absolute atomic E-state index is 13.5. The number of benzene rings is 1. The van der Waals surface area contributed by atoms with Gasteiger partial charge in [-0.05, 0) is 37.8 Å². The number of ketones is 1. The van der Waals surface area contributed by atoms with E-state index in [0.29, 0.717) is 24.2 Å². The Kier molecular flexibility index (Phi) is 4.70. The van der Waals surface area contributed by atoms with Crippen LogP contribution >= 0.6 is 0 Å². The second-order valence-corrected chi connectivity index (χ2v) is 5.47. The molecule has 0 bridgehead atoms. The molecular weight excluding hydrogens is 241 g/mol. The molecule has 1 heterocycles. The Labute approximate surface area is 114 Å². The smallest absolute Gasteiger partial charge is 0.151 e. The van der Waals surface area contributed by atoms with Crippen LogP contribution in [0.1, 0.15) is 38.7 Å². The minimum absolute atomic E-state index is 0.109. The first kappa shape index (κ1) is 14.2. The van der Waals surface area contributed by atoms with Crippen molar-refractivity contribution in [1.29, 1.82) is 0 Å². The van der Waals surface area contributed by atoms with Gasteiger partial charge in [0.15, 0.2) is 5.78 Å². The number of hydrogen-bond donors (Lipinski definition) is 0. The maximum atomic E-state index is 13.5. The summed E-state index contributed by atoms with van der Waals surface area (Å²) in [6, 6.07) is 7.51. The number of rotatable bonds is 5. The zero-order valence-corrected chi connectivity index (χ0v) is 11.7. The summed E-state index contributed by atoms with van der Waals surface area (Å²) in [6.45, 7) is 4.79. The summed E-state index contributed by atoms with van der Waals surface area (Å²) in [5, 5.41) is 0. The van der Waals surface area contributed by atoms with Gasteiger partial charge in [-0.2, -0.15) is 0 Å². The SMILES string of the molecule is CCC1CCC(C)N1CC(=O)Cc1ccccc1F. The fourth-order valence-electron chi connectivity index (χ4n) is 2.96. The number of nitrogens with zero attached hydrogens (tertiary/aromatic N) is 1. The van der Waals surface area contributed by atoms with E-state index < -0.39 is 0 Å². The Morgan fingerprint density at radius 2 is 2.11 bits per heavy atom. The predicted molar refractivity (Wildman–Crippen MR) is 74.6 cm³/mol. The standard InChI is InChI=1S/C16H22FNO/c1-3-14-9-8-12(2)18(14)11-15(19)10-13-6-4-5-7-16(13)17/h4-7,12,14H,3,8-11H2,1-2H3. The molecule has 3 heteroatoms. The monoisotopic (exact) mass is 263 g/mol. The number of likely N-dealkylation sites (tertiary alicyclic amines) is 1. The summed E-state index contributed by atoms with van der Waals surface area (Å²) >= 11 is 0. The molecule has 0 N–H and O–H groups in total. The van der Waals surface area contributed by atoms with E-state index in [0.717, 1.165) is 12.8 Å². The Hall–Kier alpha value is -1.22. The second-order valence-electron chi connectivity index (χ2n) is 5.47. The highest BCUT2D eigenvalue weighted by molar-refractivity contribution is 5.82. The van der Waals surface area contributed by atoms with E-state index in [9.17, 15) is 9.18 Å². The molecule has 0 saturated carbocycles. The van der Waals surface area contributed by atoms with Crippen molar-refractivity contribution in [3.8, 4) is 0 Å². The number of hydrogen-bond acceptors (Lipinski definition) is 2. The van der Waals surface area contributed by atoms with E-state index in [1.807, 2.05) is 0 Å². The molecule has 0 aliphatic carbocycles. The van der Waals surface area contributed by atoms with Crippen LogP contribution < -0.4 is 0 Å². The molecule has 2 rings (SSSR count).